The predicted octanol–water partition coefficient (Wildman–Crippen LogP) is 0.0785. The van der Waals surface area contributed by atoms with Gasteiger partial charge < -0.3 is 20.1 Å². The van der Waals surface area contributed by atoms with Crippen LogP contribution in [0.1, 0.15) is 18.4 Å². The lowest BCUT2D eigenvalue weighted by molar-refractivity contribution is -0.143. The van der Waals surface area contributed by atoms with Gasteiger partial charge in [-0.3, -0.25) is 14.6 Å². The predicted molar refractivity (Wildman–Crippen MR) is 88.7 cm³/mol. The van der Waals surface area contributed by atoms with Crippen LogP contribution in [0.2, 0.25) is 0 Å². The van der Waals surface area contributed by atoms with Gasteiger partial charge in [-0.25, -0.2) is 4.79 Å². The maximum Gasteiger partial charge on any atom is 0.326 e. The molecule has 1 aromatic rings. The van der Waals surface area contributed by atoms with E-state index in [1.54, 1.807) is 29.4 Å². The number of aliphatic carboxylic acids is 1. The fraction of sp³-hybridized carbons (Fsp3) is 0.529. The van der Waals surface area contributed by atoms with Crippen LogP contribution >= 0.6 is 0 Å². The topological polar surface area (TPSA) is 109 Å². The number of ether oxygens (including phenoxy) is 1. The molecular weight excluding hydrogens is 326 g/mol. The van der Waals surface area contributed by atoms with Crippen molar-refractivity contribution in [3.63, 3.8) is 0 Å². The van der Waals surface area contributed by atoms with E-state index in [1.165, 1.54) is 7.11 Å². The molecule has 0 saturated carbocycles. The highest BCUT2D eigenvalue weighted by atomic mass is 16.5. The molecule has 1 aliphatic heterocycles. The van der Waals surface area contributed by atoms with Gasteiger partial charge in [0.05, 0.1) is 0 Å². The number of nitrogens with zero attached hydrogens (tertiary/aromatic N) is 2. The number of amides is 2. The summed E-state index contributed by atoms with van der Waals surface area (Å²) in [5, 5.41) is 12.0. The number of carboxylic acids is 1. The third-order valence-corrected chi connectivity index (χ3v) is 4.29. The summed E-state index contributed by atoms with van der Waals surface area (Å²) in [6.07, 6.45) is 4.41. The van der Waals surface area contributed by atoms with Crippen LogP contribution in [0.5, 0.6) is 0 Å². The van der Waals surface area contributed by atoms with Crippen LogP contribution in [0.3, 0.4) is 0 Å². The molecule has 8 nitrogen and oxygen atoms in total. The second kappa shape index (κ2) is 9.12. The first-order chi connectivity index (χ1) is 12.0. The Morgan fingerprint density at radius 2 is 1.96 bits per heavy atom. The van der Waals surface area contributed by atoms with E-state index in [1.807, 2.05) is 0 Å². The van der Waals surface area contributed by atoms with E-state index in [0.29, 0.717) is 25.9 Å². The number of likely N-dealkylation sites (tertiary alicyclic amines) is 1. The van der Waals surface area contributed by atoms with Gasteiger partial charge in [-0.2, -0.15) is 0 Å². The summed E-state index contributed by atoms with van der Waals surface area (Å²) in [5.74, 6) is -1.73. The van der Waals surface area contributed by atoms with Crippen LogP contribution in [-0.4, -0.2) is 65.6 Å². The molecule has 25 heavy (non-hydrogen) atoms. The molecule has 0 bridgehead atoms. The number of piperidine rings is 1. The lowest BCUT2D eigenvalue weighted by Crippen LogP contribution is -2.48. The standard InChI is InChI=1S/C17H23N3O5/c1-25-11-15(21)20-8-4-13(5-9-20)16(22)19-14(17(23)24)10-12-2-6-18-7-3-12/h2-3,6-7,13-14H,4-5,8-11H2,1H3,(H,19,22)(H,23,24)/t14-/m0/s1. The number of aromatic nitrogens is 1. The highest BCUT2D eigenvalue weighted by Crippen LogP contribution is 2.18. The van der Waals surface area contributed by atoms with Gasteiger partial charge in [0.1, 0.15) is 12.6 Å². The normalized spacial score (nSPS) is 16.3. The first-order valence-corrected chi connectivity index (χ1v) is 8.20. The monoisotopic (exact) mass is 349 g/mol. The van der Waals surface area contributed by atoms with E-state index >= 15 is 0 Å². The Morgan fingerprint density at radius 3 is 2.52 bits per heavy atom. The summed E-state index contributed by atoms with van der Waals surface area (Å²) in [6.45, 7) is 0.981. The highest BCUT2D eigenvalue weighted by Gasteiger charge is 2.30. The zero-order chi connectivity index (χ0) is 18.2. The average Bonchev–Trinajstić information content (AvgIpc) is 2.62. The van der Waals surface area contributed by atoms with Crippen LogP contribution in [0.15, 0.2) is 24.5 Å². The number of carbonyl (C=O) groups excluding carboxylic acids is 2. The maximum absolute atomic E-state index is 12.4. The highest BCUT2D eigenvalue weighted by molar-refractivity contribution is 5.85. The zero-order valence-electron chi connectivity index (χ0n) is 14.2. The number of hydrogen-bond donors (Lipinski definition) is 2. The van der Waals surface area contributed by atoms with Crippen LogP contribution < -0.4 is 5.32 Å². The Balaban J connectivity index is 1.87. The lowest BCUT2D eigenvalue weighted by atomic mass is 9.95. The average molecular weight is 349 g/mol. The molecule has 8 heteroatoms. The van der Waals surface area contributed by atoms with Crippen LogP contribution in [0.4, 0.5) is 0 Å². The number of nitrogens with one attached hydrogen (secondary N) is 1. The van der Waals surface area contributed by atoms with Crippen molar-refractivity contribution < 1.29 is 24.2 Å². The SMILES string of the molecule is COCC(=O)N1CCC(C(=O)N[C@@H](Cc2ccncc2)C(=O)O)CC1. The van der Waals surface area contributed by atoms with Crippen LogP contribution in [0, 0.1) is 5.92 Å². The summed E-state index contributed by atoms with van der Waals surface area (Å²) < 4.78 is 4.83. The van der Waals surface area contributed by atoms with Gasteiger partial charge in [0, 0.05) is 44.9 Å². The van der Waals surface area contributed by atoms with Gasteiger partial charge in [0.25, 0.3) is 0 Å². The number of methoxy groups -OCH3 is 1. The summed E-state index contributed by atoms with van der Waals surface area (Å²) in [4.78, 5) is 41.1. The lowest BCUT2D eigenvalue weighted by Gasteiger charge is -2.31. The summed E-state index contributed by atoms with van der Waals surface area (Å²) in [6, 6.07) is 2.47. The Morgan fingerprint density at radius 1 is 1.32 bits per heavy atom. The van der Waals surface area contributed by atoms with Gasteiger partial charge in [0.2, 0.25) is 11.8 Å². The van der Waals surface area contributed by atoms with Crippen molar-refractivity contribution >= 4 is 17.8 Å². The number of hydrogen-bond acceptors (Lipinski definition) is 5. The van der Waals surface area contributed by atoms with Gasteiger partial charge >= 0.3 is 5.97 Å². The maximum atomic E-state index is 12.4. The Hall–Kier alpha value is -2.48. The molecule has 1 atom stereocenters. The van der Waals surface area contributed by atoms with E-state index in [0.717, 1.165) is 5.56 Å². The third kappa shape index (κ3) is 5.53. The minimum absolute atomic E-state index is 0.0316. The largest absolute Gasteiger partial charge is 0.480 e. The molecule has 0 unspecified atom stereocenters. The van der Waals surface area contributed by atoms with Crippen molar-refractivity contribution in [1.29, 1.82) is 0 Å². The Kier molecular flexibility index (Phi) is 6.88. The molecule has 0 spiro atoms. The first-order valence-electron chi connectivity index (χ1n) is 8.20. The summed E-state index contributed by atoms with van der Waals surface area (Å²) in [7, 11) is 1.47. The van der Waals surface area contributed by atoms with E-state index in [9.17, 15) is 19.5 Å². The van der Waals surface area contributed by atoms with Crippen molar-refractivity contribution in [2.24, 2.45) is 5.92 Å². The molecule has 1 aliphatic rings. The minimum Gasteiger partial charge on any atom is -0.480 e. The van der Waals surface area contributed by atoms with Crippen molar-refractivity contribution in [1.82, 2.24) is 15.2 Å². The van der Waals surface area contributed by atoms with Gasteiger partial charge in [0.15, 0.2) is 0 Å². The quantitative estimate of drug-likeness (QED) is 0.721. The molecular formula is C17H23N3O5. The Labute approximate surface area is 146 Å². The number of carboxylic acid groups (broad SMARTS) is 1. The Bertz CT molecular complexity index is 600. The van der Waals surface area contributed by atoms with Crippen molar-refractivity contribution in [3.8, 4) is 0 Å². The van der Waals surface area contributed by atoms with E-state index in [4.69, 9.17) is 4.74 Å². The molecule has 2 rings (SSSR count). The van der Waals surface area contributed by atoms with Crippen LogP contribution in [-0.2, 0) is 25.5 Å². The number of carbonyl (C=O) groups is 3. The number of rotatable bonds is 7. The molecule has 0 aromatic carbocycles. The molecule has 2 amide bonds. The minimum atomic E-state index is -1.07. The molecule has 136 valence electrons. The van der Waals surface area contributed by atoms with E-state index in [-0.39, 0.29) is 30.8 Å². The molecule has 1 fully saturated rings. The second-order valence-electron chi connectivity index (χ2n) is 6.05. The second-order valence-corrected chi connectivity index (χ2v) is 6.05. The smallest absolute Gasteiger partial charge is 0.326 e. The van der Waals surface area contributed by atoms with Crippen molar-refractivity contribution in [3.05, 3.63) is 30.1 Å². The van der Waals surface area contributed by atoms with Gasteiger partial charge in [-0.05, 0) is 30.5 Å². The summed E-state index contributed by atoms with van der Waals surface area (Å²) in [5.41, 5.74) is 0.794. The molecule has 1 saturated heterocycles. The fourth-order valence-corrected chi connectivity index (χ4v) is 2.85. The third-order valence-electron chi connectivity index (χ3n) is 4.29. The molecule has 1 aromatic heterocycles. The zero-order valence-corrected chi connectivity index (χ0v) is 14.2. The fourth-order valence-electron chi connectivity index (χ4n) is 2.85. The van der Waals surface area contributed by atoms with Crippen molar-refractivity contribution in [2.75, 3.05) is 26.8 Å². The molecule has 2 N–H and O–H groups in total. The first kappa shape index (κ1) is 18.9. The summed E-state index contributed by atoms with van der Waals surface area (Å²) >= 11 is 0. The molecule has 2 heterocycles. The molecule has 0 aliphatic carbocycles. The van der Waals surface area contributed by atoms with Gasteiger partial charge in [-0.15, -0.1) is 0 Å². The number of pyridine rings is 1. The van der Waals surface area contributed by atoms with E-state index in [2.05, 4.69) is 10.3 Å². The van der Waals surface area contributed by atoms with Gasteiger partial charge in [-0.1, -0.05) is 0 Å². The molecule has 0 radical (unpaired) electrons. The van der Waals surface area contributed by atoms with Crippen molar-refractivity contribution in [2.45, 2.75) is 25.3 Å². The van der Waals surface area contributed by atoms with E-state index < -0.39 is 12.0 Å². The van der Waals surface area contributed by atoms with Crippen LogP contribution in [0.25, 0.3) is 0 Å².